The van der Waals surface area contributed by atoms with Crippen molar-refractivity contribution in [3.63, 3.8) is 0 Å². The summed E-state index contributed by atoms with van der Waals surface area (Å²) >= 11 is 0. The molecular formula is C23H33N5. The van der Waals surface area contributed by atoms with Gasteiger partial charge in [-0.2, -0.15) is 0 Å². The Morgan fingerprint density at radius 1 is 0.857 bits per heavy atom. The number of aryl methyl sites for hydroxylation is 2. The lowest BCUT2D eigenvalue weighted by Gasteiger charge is -2.26. The fourth-order valence-electron chi connectivity index (χ4n) is 3.55. The van der Waals surface area contributed by atoms with Crippen LogP contribution in [0.3, 0.4) is 0 Å². The highest BCUT2D eigenvalue weighted by molar-refractivity contribution is 5.82. The number of guanidine groups is 1. The van der Waals surface area contributed by atoms with Gasteiger partial charge in [-0.3, -0.25) is 9.97 Å². The molecule has 1 fully saturated rings. The van der Waals surface area contributed by atoms with E-state index < -0.39 is 0 Å². The number of rotatable bonds is 8. The van der Waals surface area contributed by atoms with Crippen molar-refractivity contribution < 1.29 is 0 Å². The largest absolute Gasteiger partial charge is 0.341 e. The molecule has 1 aliphatic heterocycles. The van der Waals surface area contributed by atoms with Crippen LogP contribution in [0.1, 0.15) is 44.7 Å². The Balaban J connectivity index is 1.55. The SMILES string of the molecule is CC(C)(C)N=C1N(CCCc2cccnc2)CCN1CCCc1cccnc1. The molecule has 150 valence electrons. The summed E-state index contributed by atoms with van der Waals surface area (Å²) in [6, 6.07) is 8.35. The molecule has 0 saturated carbocycles. The summed E-state index contributed by atoms with van der Waals surface area (Å²) < 4.78 is 0. The zero-order valence-electron chi connectivity index (χ0n) is 17.5. The molecule has 0 atom stereocenters. The second-order valence-corrected chi connectivity index (χ2v) is 8.49. The van der Waals surface area contributed by atoms with Gasteiger partial charge in [-0.1, -0.05) is 12.1 Å². The molecule has 3 rings (SSSR count). The molecule has 0 aliphatic carbocycles. The Morgan fingerprint density at radius 3 is 1.75 bits per heavy atom. The normalized spacial score (nSPS) is 14.6. The predicted molar refractivity (Wildman–Crippen MR) is 115 cm³/mol. The lowest BCUT2D eigenvalue weighted by atomic mass is 10.1. The van der Waals surface area contributed by atoms with E-state index in [9.17, 15) is 0 Å². The van der Waals surface area contributed by atoms with E-state index in [-0.39, 0.29) is 5.54 Å². The summed E-state index contributed by atoms with van der Waals surface area (Å²) in [5.74, 6) is 1.17. The van der Waals surface area contributed by atoms with Gasteiger partial charge < -0.3 is 9.80 Å². The van der Waals surface area contributed by atoms with Gasteiger partial charge >= 0.3 is 0 Å². The first kappa shape index (κ1) is 20.3. The zero-order valence-corrected chi connectivity index (χ0v) is 17.5. The molecule has 2 aromatic heterocycles. The van der Waals surface area contributed by atoms with Crippen molar-refractivity contribution >= 4 is 5.96 Å². The number of hydrogen-bond donors (Lipinski definition) is 0. The Bertz CT molecular complexity index is 681. The second-order valence-electron chi connectivity index (χ2n) is 8.49. The molecule has 5 heteroatoms. The number of aromatic nitrogens is 2. The molecule has 2 aromatic rings. The van der Waals surface area contributed by atoms with E-state index in [0.29, 0.717) is 0 Å². The molecule has 28 heavy (non-hydrogen) atoms. The first-order valence-electron chi connectivity index (χ1n) is 10.4. The van der Waals surface area contributed by atoms with Crippen LogP contribution in [0, 0.1) is 0 Å². The van der Waals surface area contributed by atoms with Crippen molar-refractivity contribution in [1.82, 2.24) is 19.8 Å². The van der Waals surface area contributed by atoms with Crippen LogP contribution in [0.4, 0.5) is 0 Å². The minimum absolute atomic E-state index is 0.0666. The monoisotopic (exact) mass is 379 g/mol. The van der Waals surface area contributed by atoms with Gasteiger partial charge in [0.2, 0.25) is 0 Å². The maximum absolute atomic E-state index is 5.07. The van der Waals surface area contributed by atoms with Crippen molar-refractivity contribution in [3.8, 4) is 0 Å². The van der Waals surface area contributed by atoms with Crippen LogP contribution < -0.4 is 0 Å². The molecular weight excluding hydrogens is 346 g/mol. The summed E-state index contributed by atoms with van der Waals surface area (Å²) in [5, 5.41) is 0. The minimum Gasteiger partial charge on any atom is -0.341 e. The minimum atomic E-state index is -0.0666. The maximum atomic E-state index is 5.07. The molecule has 1 saturated heterocycles. The van der Waals surface area contributed by atoms with Gasteiger partial charge in [-0.25, -0.2) is 4.99 Å². The fraction of sp³-hybridized carbons (Fsp3) is 0.522. The lowest BCUT2D eigenvalue weighted by molar-refractivity contribution is 0.429. The van der Waals surface area contributed by atoms with Crippen LogP contribution in [-0.2, 0) is 12.8 Å². The Labute approximate surface area is 169 Å². The first-order valence-corrected chi connectivity index (χ1v) is 10.4. The van der Waals surface area contributed by atoms with Gasteiger partial charge in [0.15, 0.2) is 5.96 Å². The van der Waals surface area contributed by atoms with E-state index in [2.05, 4.69) is 52.7 Å². The van der Waals surface area contributed by atoms with Gasteiger partial charge in [0, 0.05) is 51.0 Å². The van der Waals surface area contributed by atoms with E-state index in [0.717, 1.165) is 51.9 Å². The fourth-order valence-corrected chi connectivity index (χ4v) is 3.55. The third-order valence-corrected chi connectivity index (χ3v) is 4.87. The Morgan fingerprint density at radius 2 is 1.36 bits per heavy atom. The van der Waals surface area contributed by atoms with E-state index in [1.165, 1.54) is 17.1 Å². The number of hydrogen-bond acceptors (Lipinski definition) is 3. The highest BCUT2D eigenvalue weighted by Crippen LogP contribution is 2.17. The molecule has 1 aliphatic rings. The van der Waals surface area contributed by atoms with Crippen molar-refractivity contribution in [2.24, 2.45) is 4.99 Å². The van der Waals surface area contributed by atoms with Gasteiger partial charge in [0.05, 0.1) is 5.54 Å². The van der Waals surface area contributed by atoms with Crippen LogP contribution in [0.2, 0.25) is 0 Å². The van der Waals surface area contributed by atoms with Gasteiger partial charge in [-0.05, 0) is 69.7 Å². The summed E-state index contributed by atoms with van der Waals surface area (Å²) in [7, 11) is 0. The lowest BCUT2D eigenvalue weighted by Crippen LogP contribution is -2.37. The predicted octanol–water partition coefficient (Wildman–Crippen LogP) is 3.81. The third-order valence-electron chi connectivity index (χ3n) is 4.87. The third kappa shape index (κ3) is 6.32. The van der Waals surface area contributed by atoms with Crippen LogP contribution >= 0.6 is 0 Å². The standard InChI is InChI=1S/C23H33N5/c1-23(2,3)26-22-27(14-6-10-20-8-4-12-24-18-20)16-17-28(22)15-7-11-21-9-5-13-25-19-21/h4-5,8-9,12-13,18-19H,6-7,10-11,14-17H2,1-3H3. The number of pyridine rings is 2. The van der Waals surface area contributed by atoms with Crippen LogP contribution in [0.25, 0.3) is 0 Å². The van der Waals surface area contributed by atoms with Crippen LogP contribution in [-0.4, -0.2) is 57.4 Å². The molecule has 0 radical (unpaired) electrons. The highest BCUT2D eigenvalue weighted by Gasteiger charge is 2.27. The van der Waals surface area contributed by atoms with E-state index in [1.807, 2.05) is 36.9 Å². The molecule has 0 bridgehead atoms. The molecule has 0 spiro atoms. The molecule has 5 nitrogen and oxygen atoms in total. The summed E-state index contributed by atoms with van der Waals surface area (Å²) in [6.45, 7) is 10.8. The Hall–Kier alpha value is -2.43. The summed E-state index contributed by atoms with van der Waals surface area (Å²) in [4.78, 5) is 18.4. The highest BCUT2D eigenvalue weighted by atomic mass is 15.4. The van der Waals surface area contributed by atoms with E-state index in [4.69, 9.17) is 4.99 Å². The molecule has 0 unspecified atom stereocenters. The van der Waals surface area contributed by atoms with E-state index >= 15 is 0 Å². The van der Waals surface area contributed by atoms with E-state index in [1.54, 1.807) is 0 Å². The first-order chi connectivity index (χ1) is 13.5. The van der Waals surface area contributed by atoms with Gasteiger partial charge in [-0.15, -0.1) is 0 Å². The second kappa shape index (κ2) is 9.67. The van der Waals surface area contributed by atoms with Crippen molar-refractivity contribution in [1.29, 1.82) is 0 Å². The molecule has 0 aromatic carbocycles. The van der Waals surface area contributed by atoms with Crippen molar-refractivity contribution in [2.75, 3.05) is 26.2 Å². The zero-order chi connectivity index (χ0) is 19.8. The average Bonchev–Trinajstić information content (AvgIpc) is 3.04. The van der Waals surface area contributed by atoms with Crippen molar-refractivity contribution in [2.45, 2.75) is 52.0 Å². The Kier molecular flexibility index (Phi) is 7.01. The van der Waals surface area contributed by atoms with Crippen LogP contribution in [0.15, 0.2) is 54.0 Å². The molecule has 0 N–H and O–H groups in total. The smallest absolute Gasteiger partial charge is 0.197 e. The average molecular weight is 380 g/mol. The molecule has 3 heterocycles. The topological polar surface area (TPSA) is 44.6 Å². The van der Waals surface area contributed by atoms with Gasteiger partial charge in [0.1, 0.15) is 0 Å². The quantitative estimate of drug-likeness (QED) is 0.699. The maximum Gasteiger partial charge on any atom is 0.197 e. The number of nitrogens with zero attached hydrogens (tertiary/aromatic N) is 5. The molecule has 0 amide bonds. The summed E-state index contributed by atoms with van der Waals surface area (Å²) in [6.07, 6.45) is 12.0. The van der Waals surface area contributed by atoms with Gasteiger partial charge in [0.25, 0.3) is 0 Å². The number of aliphatic imine (C=N–C) groups is 1. The van der Waals surface area contributed by atoms with Crippen molar-refractivity contribution in [3.05, 3.63) is 60.2 Å². The summed E-state index contributed by atoms with van der Waals surface area (Å²) in [5.41, 5.74) is 2.55. The van der Waals surface area contributed by atoms with Crippen LogP contribution in [0.5, 0.6) is 0 Å².